The van der Waals surface area contributed by atoms with Crippen molar-refractivity contribution in [3.8, 4) is 0 Å². The highest BCUT2D eigenvalue weighted by Gasteiger charge is 2.31. The summed E-state index contributed by atoms with van der Waals surface area (Å²) in [6.45, 7) is 0. The Hall–Kier alpha value is -0.680. The molecule has 0 spiro atoms. The molecule has 2 aliphatic rings. The smallest absolute Gasteiger partial charge is 0.264 e. The molecule has 5 heteroatoms. The molecule has 1 aromatic rings. The Balaban J connectivity index is 1.81. The molecule has 0 aliphatic carbocycles. The molecule has 0 N–H and O–H groups in total. The molecule has 2 aliphatic heterocycles. The van der Waals surface area contributed by atoms with Crippen LogP contribution in [0, 0.1) is 6.20 Å². The molecule has 21 heavy (non-hydrogen) atoms. The molecule has 3 heterocycles. The molecular formula is C16H23N2OS2. The van der Waals surface area contributed by atoms with Gasteiger partial charge in [-0.25, -0.2) is 0 Å². The maximum absolute atomic E-state index is 13.0. The molecule has 3 rings (SSSR count). The van der Waals surface area contributed by atoms with E-state index in [2.05, 4.69) is 15.5 Å². The quantitative estimate of drug-likeness (QED) is 0.866. The van der Waals surface area contributed by atoms with Crippen LogP contribution in [0.3, 0.4) is 0 Å². The van der Waals surface area contributed by atoms with Crippen LogP contribution in [0.25, 0.3) is 0 Å². The summed E-state index contributed by atoms with van der Waals surface area (Å²) in [5.74, 6) is 5.06. The Morgan fingerprint density at radius 1 is 1.29 bits per heavy atom. The largest absolute Gasteiger partial charge is 0.300 e. The summed E-state index contributed by atoms with van der Waals surface area (Å²) in [5, 5.41) is 0. The van der Waals surface area contributed by atoms with E-state index in [0.29, 0.717) is 6.04 Å². The van der Waals surface area contributed by atoms with Gasteiger partial charge in [0.05, 0.1) is 11.8 Å². The van der Waals surface area contributed by atoms with Crippen LogP contribution in [0.1, 0.15) is 42.5 Å². The van der Waals surface area contributed by atoms with E-state index in [1.807, 2.05) is 17.8 Å². The molecule has 0 saturated carbocycles. The highest BCUT2D eigenvalue weighted by atomic mass is 32.2. The van der Waals surface area contributed by atoms with E-state index in [4.69, 9.17) is 0 Å². The highest BCUT2D eigenvalue weighted by Crippen LogP contribution is 2.42. The van der Waals surface area contributed by atoms with Gasteiger partial charge < -0.3 is 4.31 Å². The summed E-state index contributed by atoms with van der Waals surface area (Å²) < 4.78 is 2.28. The maximum Gasteiger partial charge on any atom is 0.264 e. The number of thiol groups is 1. The third-order valence-corrected chi connectivity index (χ3v) is 8.08. The summed E-state index contributed by atoms with van der Waals surface area (Å²) in [7, 11) is 0. The van der Waals surface area contributed by atoms with Crippen molar-refractivity contribution in [2.75, 3.05) is 23.0 Å². The van der Waals surface area contributed by atoms with Crippen molar-refractivity contribution in [3.05, 3.63) is 30.1 Å². The fourth-order valence-corrected chi connectivity index (χ4v) is 7.10. The molecule has 2 saturated heterocycles. The first-order valence-corrected chi connectivity index (χ1v) is 10.7. The second-order valence-electron chi connectivity index (χ2n) is 5.68. The van der Waals surface area contributed by atoms with Gasteiger partial charge in [-0.1, -0.05) is 6.42 Å². The fourth-order valence-electron chi connectivity index (χ4n) is 3.13. The van der Waals surface area contributed by atoms with E-state index in [1.165, 1.54) is 42.3 Å². The Morgan fingerprint density at radius 2 is 2.05 bits per heavy atom. The minimum Gasteiger partial charge on any atom is -0.300 e. The van der Waals surface area contributed by atoms with E-state index in [9.17, 15) is 4.79 Å². The molecule has 1 radical (unpaired) electrons. The van der Waals surface area contributed by atoms with E-state index in [1.54, 1.807) is 12.3 Å². The Bertz CT molecular complexity index is 439. The first kappa shape index (κ1) is 15.2. The summed E-state index contributed by atoms with van der Waals surface area (Å²) in [6, 6.07) is 4.06. The van der Waals surface area contributed by atoms with Crippen LogP contribution in [0.5, 0.6) is 0 Å². The fraction of sp³-hybridized carbons (Fsp3) is 0.625. The molecule has 0 atom stereocenters. The predicted molar refractivity (Wildman–Crippen MR) is 92.2 cm³/mol. The van der Waals surface area contributed by atoms with Crippen LogP contribution in [0.15, 0.2) is 18.3 Å². The van der Waals surface area contributed by atoms with E-state index in [0.717, 1.165) is 18.4 Å². The Morgan fingerprint density at radius 3 is 2.71 bits per heavy atom. The number of hydrogen-bond acceptors (Lipinski definition) is 3. The average molecular weight is 324 g/mol. The van der Waals surface area contributed by atoms with Crippen LogP contribution < -0.4 is 0 Å². The number of pyridine rings is 1. The van der Waals surface area contributed by atoms with Crippen LogP contribution >= 0.6 is 22.8 Å². The van der Waals surface area contributed by atoms with Gasteiger partial charge in [-0.05, 0) is 60.8 Å². The second-order valence-corrected chi connectivity index (χ2v) is 9.25. The van der Waals surface area contributed by atoms with Crippen LogP contribution in [0.2, 0.25) is 0 Å². The van der Waals surface area contributed by atoms with Gasteiger partial charge >= 0.3 is 0 Å². The van der Waals surface area contributed by atoms with E-state index in [-0.39, 0.29) is 17.0 Å². The van der Waals surface area contributed by atoms with E-state index >= 15 is 0 Å². The van der Waals surface area contributed by atoms with Crippen molar-refractivity contribution in [2.24, 2.45) is 0 Å². The van der Waals surface area contributed by atoms with Crippen LogP contribution in [-0.4, -0.2) is 44.2 Å². The van der Waals surface area contributed by atoms with Gasteiger partial charge in [-0.3, -0.25) is 9.78 Å². The third kappa shape index (κ3) is 3.75. The minimum atomic E-state index is -0.284. The van der Waals surface area contributed by atoms with Gasteiger partial charge in [0.25, 0.3) is 5.91 Å². The summed E-state index contributed by atoms with van der Waals surface area (Å²) in [6.07, 6.45) is 10.7. The van der Waals surface area contributed by atoms with Crippen LogP contribution in [0.4, 0.5) is 0 Å². The van der Waals surface area contributed by atoms with E-state index < -0.39 is 0 Å². The molecule has 2 fully saturated rings. The lowest BCUT2D eigenvalue weighted by atomic mass is 10.1. The van der Waals surface area contributed by atoms with Crippen molar-refractivity contribution >= 4 is 28.8 Å². The van der Waals surface area contributed by atoms with Crippen molar-refractivity contribution in [3.63, 3.8) is 0 Å². The zero-order chi connectivity index (χ0) is 14.5. The predicted octanol–water partition coefficient (Wildman–Crippen LogP) is 3.32. The van der Waals surface area contributed by atoms with Gasteiger partial charge in [0.15, 0.2) is 0 Å². The molecule has 1 aromatic heterocycles. The Kier molecular flexibility index (Phi) is 5.47. The topological polar surface area (TPSA) is 33.2 Å². The summed E-state index contributed by atoms with van der Waals surface area (Å²) >= 11 is 1.74. The van der Waals surface area contributed by atoms with Gasteiger partial charge in [-0.15, -0.1) is 0 Å². The van der Waals surface area contributed by atoms with Gasteiger partial charge in [0, 0.05) is 12.2 Å². The minimum absolute atomic E-state index is 0.210. The number of thioether (sulfide) groups is 1. The molecule has 3 nitrogen and oxygen atoms in total. The summed E-state index contributed by atoms with van der Waals surface area (Å²) in [5.41, 5.74) is 0.736. The molecule has 0 bridgehead atoms. The van der Waals surface area contributed by atoms with Gasteiger partial charge in [0.1, 0.15) is 0 Å². The molecule has 115 valence electrons. The van der Waals surface area contributed by atoms with Crippen molar-refractivity contribution < 1.29 is 4.79 Å². The lowest BCUT2D eigenvalue weighted by molar-refractivity contribution is 0.0825. The normalized spacial score (nSPS) is 22.0. The second kappa shape index (κ2) is 7.54. The SMILES string of the molecule is O=C(c1cc[c]nc1)N(C1CCSCC1)[SH]1CCCCC1. The number of carbonyl (C=O) groups is 1. The zero-order valence-electron chi connectivity index (χ0n) is 12.3. The van der Waals surface area contributed by atoms with Crippen molar-refractivity contribution in [1.82, 2.24) is 9.29 Å². The average Bonchev–Trinajstić information content (AvgIpc) is 2.58. The number of nitrogens with zero attached hydrogens (tertiary/aromatic N) is 2. The number of aromatic nitrogens is 1. The van der Waals surface area contributed by atoms with Crippen molar-refractivity contribution in [2.45, 2.75) is 38.1 Å². The first-order valence-electron chi connectivity index (χ1n) is 7.84. The lowest BCUT2D eigenvalue weighted by Crippen LogP contribution is -2.41. The highest BCUT2D eigenvalue weighted by molar-refractivity contribution is 8.15. The number of hydrogen-bond donors (Lipinski definition) is 1. The summed E-state index contributed by atoms with van der Waals surface area (Å²) in [4.78, 5) is 17.0. The molecule has 1 amide bonds. The molecular weight excluding hydrogens is 300 g/mol. The lowest BCUT2D eigenvalue weighted by Gasteiger charge is -2.44. The number of rotatable bonds is 3. The number of carbonyl (C=O) groups excluding carboxylic acids is 1. The monoisotopic (exact) mass is 323 g/mol. The zero-order valence-corrected chi connectivity index (χ0v) is 14.0. The molecule has 0 aromatic carbocycles. The van der Waals surface area contributed by atoms with Crippen LogP contribution in [-0.2, 0) is 0 Å². The van der Waals surface area contributed by atoms with Gasteiger partial charge in [0.2, 0.25) is 0 Å². The number of amides is 1. The first-order chi connectivity index (χ1) is 10.4. The maximum atomic E-state index is 13.0. The molecule has 0 unspecified atom stereocenters. The third-order valence-electron chi connectivity index (χ3n) is 4.24. The Labute approximate surface area is 134 Å². The van der Waals surface area contributed by atoms with Crippen molar-refractivity contribution in [1.29, 1.82) is 0 Å². The van der Waals surface area contributed by atoms with Gasteiger partial charge in [-0.2, -0.15) is 22.8 Å². The standard InChI is InChI=1S/C16H23N2OS2/c19-16(14-5-4-8-17-13-14)18(15-6-9-20-10-7-15)21-11-2-1-3-12-21/h4-5,13,15,21H,1-3,6-7,9-12H2.